The molecule has 5 rings (SSSR count). The van der Waals surface area contributed by atoms with Gasteiger partial charge in [0.2, 0.25) is 11.8 Å². The molecule has 2 atom stereocenters. The van der Waals surface area contributed by atoms with E-state index in [4.69, 9.17) is 4.74 Å². The van der Waals surface area contributed by atoms with Crippen molar-refractivity contribution in [2.75, 3.05) is 27.3 Å². The number of H-pyrrole nitrogens is 2. The van der Waals surface area contributed by atoms with Crippen LogP contribution >= 0.6 is 0 Å². The number of ether oxygens (including phenoxy) is 3. The number of hydrogen-bond acceptors (Lipinski definition) is 9. The minimum Gasteiger partial charge on any atom is -0.457 e. The summed E-state index contributed by atoms with van der Waals surface area (Å²) >= 11 is 0. The third kappa shape index (κ3) is 11.1. The van der Waals surface area contributed by atoms with E-state index >= 15 is 0 Å². The molecule has 0 bridgehead atoms. The second-order valence-corrected chi connectivity index (χ2v) is 14.6. The van der Waals surface area contributed by atoms with E-state index in [1.165, 1.54) is 14.2 Å². The zero-order valence-electron chi connectivity index (χ0n) is 33.0. The number of aromatic nitrogens is 4. The Labute approximate surface area is 327 Å². The third-order valence-electron chi connectivity index (χ3n) is 9.70. The van der Waals surface area contributed by atoms with Gasteiger partial charge >= 0.3 is 12.2 Å². The van der Waals surface area contributed by atoms with E-state index in [2.05, 4.69) is 68.9 Å². The zero-order valence-corrected chi connectivity index (χ0v) is 33.0. The maximum atomic E-state index is 12.6. The second kappa shape index (κ2) is 19.6. The Bertz CT molecular complexity index is 1830. The topological polar surface area (TPSA) is 201 Å². The number of hydrogen-bond donors (Lipinski definition) is 6. The monoisotopic (exact) mass is 770 g/mol. The molecule has 2 aromatic carbocycles. The molecule has 1 unspecified atom stereocenters. The number of benzene rings is 2. The van der Waals surface area contributed by atoms with Crippen molar-refractivity contribution in [2.45, 2.75) is 84.7 Å². The van der Waals surface area contributed by atoms with Gasteiger partial charge in [-0.2, -0.15) is 0 Å². The number of alkyl carbamates (subject to hydrolysis) is 2. The molecule has 15 nitrogen and oxygen atoms in total. The number of fused-ring (bicyclic) bond motifs is 2. The summed E-state index contributed by atoms with van der Waals surface area (Å²) in [6.07, 6.45) is 7.84. The van der Waals surface area contributed by atoms with Crippen molar-refractivity contribution in [3.05, 3.63) is 71.6 Å². The summed E-state index contributed by atoms with van der Waals surface area (Å²) in [5.41, 5.74) is 6.03. The lowest BCUT2D eigenvalue weighted by molar-refractivity contribution is -0.124. The molecule has 2 aromatic heterocycles. The smallest absolute Gasteiger partial charge is 0.407 e. The van der Waals surface area contributed by atoms with E-state index in [0.717, 1.165) is 102 Å². The van der Waals surface area contributed by atoms with Gasteiger partial charge in [0.05, 0.1) is 38.0 Å². The van der Waals surface area contributed by atoms with Crippen LogP contribution in [0.25, 0.3) is 22.5 Å². The second-order valence-electron chi connectivity index (χ2n) is 14.6. The van der Waals surface area contributed by atoms with Crippen molar-refractivity contribution >= 4 is 24.0 Å². The van der Waals surface area contributed by atoms with Crippen LogP contribution in [-0.4, -0.2) is 83.3 Å². The van der Waals surface area contributed by atoms with Crippen molar-refractivity contribution in [1.82, 2.24) is 41.2 Å². The SMILES string of the molecule is COC(=O)NC(C(=O)NCCCCc1ncc(-c2ccc3c(c2)Oc2ccc(-c4cnc(CCCCNC(=O)[C@@H](NC(=O)OC)C(C)C)[nH]4)cc2C3)[nH]1)C(C)C. The summed E-state index contributed by atoms with van der Waals surface area (Å²) < 4.78 is 15.6. The van der Waals surface area contributed by atoms with Gasteiger partial charge in [-0.05, 0) is 72.9 Å². The van der Waals surface area contributed by atoms with Gasteiger partial charge < -0.3 is 45.4 Å². The van der Waals surface area contributed by atoms with E-state index in [-0.39, 0.29) is 23.7 Å². The molecule has 0 saturated carbocycles. The number of nitrogens with one attached hydrogen (secondary N) is 6. The molecule has 0 radical (unpaired) electrons. The average Bonchev–Trinajstić information content (AvgIpc) is 3.87. The van der Waals surface area contributed by atoms with E-state index in [1.807, 2.05) is 58.3 Å². The highest BCUT2D eigenvalue weighted by atomic mass is 16.5. The predicted molar refractivity (Wildman–Crippen MR) is 211 cm³/mol. The van der Waals surface area contributed by atoms with Crippen LogP contribution in [0.3, 0.4) is 0 Å². The quantitative estimate of drug-likeness (QED) is 0.0596. The van der Waals surface area contributed by atoms with E-state index in [9.17, 15) is 19.2 Å². The maximum absolute atomic E-state index is 12.6. The van der Waals surface area contributed by atoms with E-state index < -0.39 is 24.3 Å². The van der Waals surface area contributed by atoms with Crippen molar-refractivity contribution in [1.29, 1.82) is 0 Å². The summed E-state index contributed by atoms with van der Waals surface area (Å²) in [4.78, 5) is 64.3. The van der Waals surface area contributed by atoms with Crippen LogP contribution in [0.4, 0.5) is 9.59 Å². The van der Waals surface area contributed by atoms with Crippen LogP contribution in [0.5, 0.6) is 11.5 Å². The molecule has 4 amide bonds. The van der Waals surface area contributed by atoms with Gasteiger partial charge in [-0.25, -0.2) is 19.6 Å². The number of aromatic amines is 2. The third-order valence-corrected chi connectivity index (χ3v) is 9.70. The zero-order chi connectivity index (χ0) is 40.2. The molecule has 15 heteroatoms. The first kappa shape index (κ1) is 41.3. The van der Waals surface area contributed by atoms with Crippen molar-refractivity contribution in [3.8, 4) is 34.0 Å². The maximum Gasteiger partial charge on any atom is 0.407 e. The van der Waals surface area contributed by atoms with Crippen molar-refractivity contribution in [2.24, 2.45) is 11.8 Å². The number of carbonyl (C=O) groups excluding carboxylic acids is 4. The highest BCUT2D eigenvalue weighted by Gasteiger charge is 2.25. The van der Waals surface area contributed by atoms with Gasteiger partial charge in [0, 0.05) is 43.5 Å². The lowest BCUT2D eigenvalue weighted by atomic mass is 9.96. The summed E-state index contributed by atoms with van der Waals surface area (Å²) in [6, 6.07) is 11.1. The molecule has 0 saturated heterocycles. The van der Waals surface area contributed by atoms with Crippen molar-refractivity contribution < 1.29 is 33.4 Å². The first-order valence-corrected chi connectivity index (χ1v) is 19.2. The Balaban J connectivity index is 1.07. The van der Waals surface area contributed by atoms with Crippen LogP contribution in [0.1, 0.15) is 76.2 Å². The van der Waals surface area contributed by atoms with Gasteiger partial charge in [-0.3, -0.25) is 9.59 Å². The van der Waals surface area contributed by atoms with Crippen LogP contribution in [0, 0.1) is 11.8 Å². The lowest BCUT2D eigenvalue weighted by Crippen LogP contribution is -2.49. The van der Waals surface area contributed by atoms with E-state index in [0.29, 0.717) is 13.1 Å². The summed E-state index contributed by atoms with van der Waals surface area (Å²) in [6.45, 7) is 8.47. The minimum absolute atomic E-state index is 0.0705. The molecule has 1 aliphatic rings. The molecule has 1 aliphatic heterocycles. The number of unbranched alkanes of at least 4 members (excludes halogenated alkanes) is 2. The lowest BCUT2D eigenvalue weighted by Gasteiger charge is -2.21. The number of rotatable bonds is 18. The average molecular weight is 771 g/mol. The predicted octanol–water partition coefficient (Wildman–Crippen LogP) is 5.80. The van der Waals surface area contributed by atoms with E-state index in [1.54, 1.807) is 0 Å². The fourth-order valence-electron chi connectivity index (χ4n) is 6.46. The van der Waals surface area contributed by atoms with Crippen LogP contribution in [0.15, 0.2) is 48.8 Å². The fourth-order valence-corrected chi connectivity index (χ4v) is 6.46. The van der Waals surface area contributed by atoms with Gasteiger partial charge in [0.25, 0.3) is 0 Å². The Hall–Kier alpha value is -5.86. The van der Waals surface area contributed by atoms with Crippen LogP contribution in [0.2, 0.25) is 0 Å². The fraction of sp³-hybridized carbons (Fsp3) is 0.463. The molecule has 4 aromatic rings. The number of amides is 4. The molecule has 300 valence electrons. The molecular formula is C41H54N8O7. The molecule has 3 heterocycles. The van der Waals surface area contributed by atoms with Crippen LogP contribution < -0.4 is 26.0 Å². The number of imidazole rings is 2. The first-order valence-electron chi connectivity index (χ1n) is 19.2. The molecule has 56 heavy (non-hydrogen) atoms. The molecule has 0 spiro atoms. The number of carbonyl (C=O) groups is 4. The van der Waals surface area contributed by atoms with Gasteiger partial charge in [-0.1, -0.05) is 39.8 Å². The Morgan fingerprint density at radius 2 is 1.18 bits per heavy atom. The van der Waals surface area contributed by atoms with Crippen LogP contribution in [-0.2, 0) is 38.3 Å². The Kier molecular flexibility index (Phi) is 14.5. The molecule has 0 fully saturated rings. The molecule has 6 N–H and O–H groups in total. The summed E-state index contributed by atoms with van der Waals surface area (Å²) in [5, 5.41) is 11.0. The minimum atomic E-state index is -0.653. The Morgan fingerprint density at radius 3 is 1.68 bits per heavy atom. The highest BCUT2D eigenvalue weighted by molar-refractivity contribution is 5.86. The standard InChI is InChI=1S/C41H54N8O7/c1-24(2)36(48-40(52)54-5)38(50)42-17-9-7-11-34-44-22-30(46-34)26-15-16-32-29(19-26)20-28-14-13-27(21-33(28)56-32)31-23-45-35(47-31)12-8-10-18-43-39(51)37(25(3)4)49-41(53)55-6/h13-16,19,21-25,36-37H,7-12,17-18,20H2,1-6H3,(H,42,50)(H,43,51)(H,44,46)(H,45,47)(H,48,52)(H,49,53)/t36-,37?/m0/s1. The molecular weight excluding hydrogens is 716 g/mol. The van der Waals surface area contributed by atoms with Gasteiger partial charge in [0.15, 0.2) is 0 Å². The Morgan fingerprint density at radius 1 is 0.679 bits per heavy atom. The normalized spacial score (nSPS) is 12.9. The number of methoxy groups -OCH3 is 2. The number of aryl methyl sites for hydroxylation is 2. The summed E-state index contributed by atoms with van der Waals surface area (Å²) in [5.74, 6) is 2.78. The van der Waals surface area contributed by atoms with Gasteiger partial charge in [-0.15, -0.1) is 0 Å². The first-order chi connectivity index (χ1) is 26.9. The summed E-state index contributed by atoms with van der Waals surface area (Å²) in [7, 11) is 2.55. The largest absolute Gasteiger partial charge is 0.457 e. The highest BCUT2D eigenvalue weighted by Crippen LogP contribution is 2.40. The molecule has 0 aliphatic carbocycles. The van der Waals surface area contributed by atoms with Gasteiger partial charge in [0.1, 0.15) is 35.2 Å². The number of nitrogens with zero attached hydrogens (tertiary/aromatic N) is 2. The van der Waals surface area contributed by atoms with Crippen molar-refractivity contribution in [3.63, 3.8) is 0 Å².